The lowest BCUT2D eigenvalue weighted by molar-refractivity contribution is -0.149. The number of allylic oxidation sites excluding steroid dienone is 3. The molecule has 0 radical (unpaired) electrons. The van der Waals surface area contributed by atoms with Crippen LogP contribution in [0.5, 0.6) is 0 Å². The second-order valence-corrected chi connectivity index (χ2v) is 16.1. The van der Waals surface area contributed by atoms with E-state index in [1.165, 1.54) is 38.9 Å². The van der Waals surface area contributed by atoms with Gasteiger partial charge in [0.05, 0.1) is 11.2 Å². The van der Waals surface area contributed by atoms with Crippen LogP contribution in [0.15, 0.2) is 42.0 Å². The molecule has 5 aliphatic rings. The van der Waals surface area contributed by atoms with Crippen molar-refractivity contribution < 1.29 is 19.4 Å². The van der Waals surface area contributed by atoms with Crippen molar-refractivity contribution in [2.24, 2.45) is 28.6 Å². The molecule has 5 heteroatoms. The van der Waals surface area contributed by atoms with Crippen molar-refractivity contribution in [3.8, 4) is 0 Å². The normalized spacial score (nSPS) is 37.5. The number of carboxylic acids is 1. The van der Waals surface area contributed by atoms with Gasteiger partial charge in [-0.05, 0) is 131 Å². The molecule has 6 atom stereocenters. The SMILES string of the molecule is C/C(=C\C=C[C@]1(C)C(=O)CC[C@@]2(C)[C@H]1CC[C@H]1Cc3c([nH]c4cc5c(cc34)C3=CC(C)(C)OC(C)(C)[C@H]3C5)[C@@]12C)C(=O)O. The number of rotatable bonds is 3. The molecule has 0 saturated heterocycles. The average Bonchev–Trinajstić information content (AvgIpc) is 3.54. The molecule has 2 saturated carbocycles. The van der Waals surface area contributed by atoms with Crippen molar-refractivity contribution in [3.63, 3.8) is 0 Å². The highest BCUT2D eigenvalue weighted by atomic mass is 16.5. The molecule has 43 heavy (non-hydrogen) atoms. The number of nitrogens with one attached hydrogen (secondary N) is 1. The third kappa shape index (κ3) is 3.79. The lowest BCUT2D eigenvalue weighted by atomic mass is 9.41. The van der Waals surface area contributed by atoms with E-state index in [0.717, 1.165) is 32.1 Å². The number of hydrogen-bond acceptors (Lipinski definition) is 3. The zero-order valence-corrected chi connectivity index (χ0v) is 27.1. The summed E-state index contributed by atoms with van der Waals surface area (Å²) in [6.07, 6.45) is 13.5. The Labute approximate surface area is 255 Å². The first kappa shape index (κ1) is 28.8. The Hall–Kier alpha value is -2.92. The predicted molar refractivity (Wildman–Crippen MR) is 171 cm³/mol. The van der Waals surface area contributed by atoms with Gasteiger partial charge in [-0.25, -0.2) is 4.79 Å². The van der Waals surface area contributed by atoms with Gasteiger partial charge in [0.2, 0.25) is 0 Å². The molecule has 2 aromatic rings. The molecule has 1 aliphatic heterocycles. The highest BCUT2D eigenvalue weighted by Gasteiger charge is 2.66. The fraction of sp³-hybridized carbons (Fsp3) is 0.579. The van der Waals surface area contributed by atoms with Crippen LogP contribution in [0.4, 0.5) is 0 Å². The molecular formula is C38H47NO4. The Morgan fingerprint density at radius 3 is 2.53 bits per heavy atom. The number of aromatic amines is 1. The molecule has 5 nitrogen and oxygen atoms in total. The van der Waals surface area contributed by atoms with Crippen molar-refractivity contribution in [1.82, 2.24) is 4.98 Å². The largest absolute Gasteiger partial charge is 0.478 e. The van der Waals surface area contributed by atoms with Crippen molar-refractivity contribution in [2.45, 2.75) is 111 Å². The number of carboxylic acid groups (broad SMARTS) is 1. The predicted octanol–water partition coefficient (Wildman–Crippen LogP) is 8.11. The van der Waals surface area contributed by atoms with Gasteiger partial charge in [0.25, 0.3) is 0 Å². The van der Waals surface area contributed by atoms with E-state index in [1.54, 1.807) is 13.0 Å². The van der Waals surface area contributed by atoms with E-state index in [0.29, 0.717) is 18.3 Å². The second-order valence-electron chi connectivity index (χ2n) is 16.1. The maximum atomic E-state index is 13.6. The Kier molecular flexibility index (Phi) is 5.92. The van der Waals surface area contributed by atoms with E-state index >= 15 is 0 Å². The van der Waals surface area contributed by atoms with Crippen LogP contribution in [-0.2, 0) is 32.6 Å². The number of carbonyl (C=O) groups is 2. The summed E-state index contributed by atoms with van der Waals surface area (Å²) in [5, 5.41) is 10.7. The molecule has 2 N–H and O–H groups in total. The van der Waals surface area contributed by atoms with Gasteiger partial charge in [-0.3, -0.25) is 4.79 Å². The van der Waals surface area contributed by atoms with Crippen molar-refractivity contribution in [2.75, 3.05) is 0 Å². The Balaban J connectivity index is 1.32. The number of aliphatic carboxylic acids is 1. The van der Waals surface area contributed by atoms with E-state index in [-0.39, 0.29) is 39.3 Å². The van der Waals surface area contributed by atoms with E-state index < -0.39 is 11.4 Å². The first-order valence-electron chi connectivity index (χ1n) is 16.3. The minimum atomic E-state index is -0.929. The molecule has 0 unspecified atom stereocenters. The molecule has 228 valence electrons. The highest BCUT2D eigenvalue weighted by Crippen LogP contribution is 2.69. The first-order valence-corrected chi connectivity index (χ1v) is 16.3. The van der Waals surface area contributed by atoms with Crippen LogP contribution in [0.3, 0.4) is 0 Å². The van der Waals surface area contributed by atoms with Crippen LogP contribution in [0.2, 0.25) is 0 Å². The Bertz CT molecular complexity index is 1680. The summed E-state index contributed by atoms with van der Waals surface area (Å²) in [5.74, 6) is 0.455. The number of ether oxygens (including phenoxy) is 1. The molecule has 0 spiro atoms. The zero-order valence-electron chi connectivity index (χ0n) is 27.1. The minimum Gasteiger partial charge on any atom is -0.478 e. The molecule has 1 aromatic heterocycles. The zero-order chi connectivity index (χ0) is 30.9. The summed E-state index contributed by atoms with van der Waals surface area (Å²) in [4.78, 5) is 29.0. The number of ketones is 1. The van der Waals surface area contributed by atoms with Crippen LogP contribution in [0.25, 0.3) is 16.5 Å². The third-order valence-electron chi connectivity index (χ3n) is 13.0. The molecule has 0 bridgehead atoms. The van der Waals surface area contributed by atoms with Gasteiger partial charge in [0.15, 0.2) is 0 Å². The number of aromatic nitrogens is 1. The fourth-order valence-corrected chi connectivity index (χ4v) is 10.7. The van der Waals surface area contributed by atoms with E-state index in [2.05, 4.69) is 71.7 Å². The van der Waals surface area contributed by atoms with Gasteiger partial charge in [-0.2, -0.15) is 0 Å². The highest BCUT2D eigenvalue weighted by molar-refractivity contribution is 5.93. The van der Waals surface area contributed by atoms with Gasteiger partial charge in [0, 0.05) is 45.3 Å². The summed E-state index contributed by atoms with van der Waals surface area (Å²) < 4.78 is 6.53. The molecule has 2 heterocycles. The number of benzene rings is 1. The summed E-state index contributed by atoms with van der Waals surface area (Å²) in [7, 11) is 0. The number of Topliss-reactive ketones (excluding diaryl/α,β-unsaturated/α-hetero) is 1. The third-order valence-corrected chi connectivity index (χ3v) is 13.0. The van der Waals surface area contributed by atoms with Gasteiger partial charge in [0.1, 0.15) is 5.78 Å². The fourth-order valence-electron chi connectivity index (χ4n) is 10.7. The number of carbonyl (C=O) groups excluding carboxylic acids is 1. The smallest absolute Gasteiger partial charge is 0.331 e. The lowest BCUT2D eigenvalue weighted by Crippen LogP contribution is -2.60. The number of hydrogen-bond donors (Lipinski definition) is 2. The molecule has 4 aliphatic carbocycles. The van der Waals surface area contributed by atoms with Gasteiger partial charge in [-0.15, -0.1) is 0 Å². The summed E-state index contributed by atoms with van der Waals surface area (Å²) >= 11 is 0. The first-order chi connectivity index (χ1) is 20.0. The number of fused-ring (bicyclic) bond motifs is 10. The van der Waals surface area contributed by atoms with Gasteiger partial charge < -0.3 is 14.8 Å². The summed E-state index contributed by atoms with van der Waals surface area (Å²) in [6.45, 7) is 17.5. The summed E-state index contributed by atoms with van der Waals surface area (Å²) in [5.41, 5.74) is 7.41. The van der Waals surface area contributed by atoms with Crippen LogP contribution < -0.4 is 0 Å². The maximum Gasteiger partial charge on any atom is 0.331 e. The Morgan fingerprint density at radius 2 is 1.81 bits per heavy atom. The quantitative estimate of drug-likeness (QED) is 0.283. The van der Waals surface area contributed by atoms with E-state index in [4.69, 9.17) is 4.74 Å². The standard InChI is InChI=1S/C38H47NO4/c1-21(33(41)42)10-9-14-36(6)30-12-11-23-18-26-25-19-24-22(16-28-27(24)20-34(2,3)43-35(28,4)5)17-29(25)39-32(26)38(23,8)37(30,7)15-13-31(36)40/h9-10,14,17,19-20,23,28,30,39H,11-13,15-16,18H2,1-8H3,(H,41,42)/b14-9?,21-10+/t23-,28-,30-,36-,37-,38+/m0/s1. The van der Waals surface area contributed by atoms with Gasteiger partial charge in [-0.1, -0.05) is 32.1 Å². The average molecular weight is 582 g/mol. The summed E-state index contributed by atoms with van der Waals surface area (Å²) in [6, 6.07) is 4.90. The lowest BCUT2D eigenvalue weighted by Gasteiger charge is -2.62. The van der Waals surface area contributed by atoms with Crippen LogP contribution in [0, 0.1) is 28.6 Å². The molecule has 0 amide bonds. The molecule has 2 fully saturated rings. The van der Waals surface area contributed by atoms with Crippen LogP contribution in [-0.4, -0.2) is 33.0 Å². The maximum absolute atomic E-state index is 13.6. The van der Waals surface area contributed by atoms with E-state index in [9.17, 15) is 14.7 Å². The number of H-pyrrole nitrogens is 1. The second kappa shape index (κ2) is 8.84. The van der Waals surface area contributed by atoms with Crippen molar-refractivity contribution in [3.05, 3.63) is 64.4 Å². The molecule has 1 aromatic carbocycles. The monoisotopic (exact) mass is 581 g/mol. The van der Waals surface area contributed by atoms with Crippen LogP contribution in [0.1, 0.15) is 103 Å². The molecular weight excluding hydrogens is 534 g/mol. The van der Waals surface area contributed by atoms with Crippen molar-refractivity contribution >= 4 is 28.2 Å². The van der Waals surface area contributed by atoms with Crippen molar-refractivity contribution in [1.29, 1.82) is 0 Å². The topological polar surface area (TPSA) is 79.4 Å². The Morgan fingerprint density at radius 1 is 1.07 bits per heavy atom. The van der Waals surface area contributed by atoms with Gasteiger partial charge >= 0.3 is 5.97 Å². The molecule has 7 rings (SSSR count). The minimum absolute atomic E-state index is 0.0638. The van der Waals surface area contributed by atoms with E-state index in [1.807, 2.05) is 12.2 Å². The van der Waals surface area contributed by atoms with Crippen LogP contribution >= 0.6 is 0 Å².